The summed E-state index contributed by atoms with van der Waals surface area (Å²) in [6, 6.07) is 1.32. The lowest BCUT2D eigenvalue weighted by molar-refractivity contribution is -0.213. The Labute approximate surface area is 115 Å². The van der Waals surface area contributed by atoms with Gasteiger partial charge in [-0.05, 0) is 22.0 Å². The van der Waals surface area contributed by atoms with Crippen molar-refractivity contribution in [3.63, 3.8) is 0 Å². The molecular formula is C11H12BrF3N2O2. The number of nitrogens with one attached hydrogen (secondary N) is 2. The molecule has 0 aliphatic heterocycles. The van der Waals surface area contributed by atoms with Gasteiger partial charge in [-0.3, -0.25) is 9.59 Å². The van der Waals surface area contributed by atoms with Gasteiger partial charge in [-0.15, -0.1) is 0 Å². The third-order valence-corrected chi connectivity index (χ3v) is 2.97. The molecule has 0 saturated carbocycles. The molecule has 4 nitrogen and oxygen atoms in total. The average Bonchev–Trinajstić information content (AvgIpc) is 2.21. The minimum absolute atomic E-state index is 0.0997. The van der Waals surface area contributed by atoms with Gasteiger partial charge in [-0.25, -0.2) is 0 Å². The summed E-state index contributed by atoms with van der Waals surface area (Å²) < 4.78 is 38.4. The van der Waals surface area contributed by atoms with Crippen molar-refractivity contribution < 1.29 is 18.0 Å². The Morgan fingerprint density at radius 1 is 1.42 bits per heavy atom. The highest BCUT2D eigenvalue weighted by Crippen LogP contribution is 2.40. The zero-order valence-corrected chi connectivity index (χ0v) is 11.8. The highest BCUT2D eigenvalue weighted by molar-refractivity contribution is 9.10. The maximum atomic E-state index is 12.6. The molecule has 0 spiro atoms. The van der Waals surface area contributed by atoms with E-state index in [0.717, 1.165) is 13.8 Å². The molecule has 8 heteroatoms. The number of anilines is 1. The van der Waals surface area contributed by atoms with Crippen LogP contribution in [-0.4, -0.2) is 17.1 Å². The molecule has 1 amide bonds. The summed E-state index contributed by atoms with van der Waals surface area (Å²) in [5.74, 6) is -0.870. The molecule has 1 aromatic heterocycles. The van der Waals surface area contributed by atoms with Crippen LogP contribution in [0.5, 0.6) is 0 Å². The number of hydrogen-bond donors (Lipinski definition) is 2. The highest BCUT2D eigenvalue weighted by atomic mass is 79.9. The number of pyridine rings is 1. The van der Waals surface area contributed by atoms with Crippen molar-refractivity contribution in [1.29, 1.82) is 0 Å². The van der Waals surface area contributed by atoms with E-state index in [4.69, 9.17) is 0 Å². The second-order valence-electron chi connectivity index (χ2n) is 4.67. The Hall–Kier alpha value is -1.31. The first kappa shape index (κ1) is 15.7. The van der Waals surface area contributed by atoms with Crippen LogP contribution in [0.2, 0.25) is 0 Å². The Bertz CT molecular complexity index is 537. The lowest BCUT2D eigenvalue weighted by atomic mass is 9.88. The number of hydrogen-bond acceptors (Lipinski definition) is 2. The largest absolute Gasteiger partial charge is 0.394 e. The third kappa shape index (κ3) is 4.09. The first-order chi connectivity index (χ1) is 8.53. The van der Waals surface area contributed by atoms with Gasteiger partial charge in [0.15, 0.2) is 0 Å². The van der Waals surface area contributed by atoms with Crippen LogP contribution in [0.15, 0.2) is 21.5 Å². The summed E-state index contributed by atoms with van der Waals surface area (Å²) in [5.41, 5.74) is -2.84. The van der Waals surface area contributed by atoms with Crippen LogP contribution in [0.4, 0.5) is 18.9 Å². The van der Waals surface area contributed by atoms with Crippen LogP contribution in [0, 0.1) is 5.41 Å². The molecule has 1 aromatic rings. The summed E-state index contributed by atoms with van der Waals surface area (Å²) in [6.07, 6.45) is -3.89. The van der Waals surface area contributed by atoms with E-state index in [0.29, 0.717) is 4.47 Å². The molecule has 0 aliphatic rings. The van der Waals surface area contributed by atoms with E-state index in [2.05, 4.69) is 26.2 Å². The first-order valence-electron chi connectivity index (χ1n) is 5.28. The van der Waals surface area contributed by atoms with Gasteiger partial charge in [0.05, 0.1) is 5.41 Å². The normalized spacial score (nSPS) is 12.3. The minimum atomic E-state index is -4.49. The van der Waals surface area contributed by atoms with Crippen LogP contribution in [0.1, 0.15) is 20.3 Å². The summed E-state index contributed by atoms with van der Waals surface area (Å²) in [5, 5.41) is 2.17. The van der Waals surface area contributed by atoms with Crippen molar-refractivity contribution >= 4 is 27.5 Å². The molecule has 1 heterocycles. The fourth-order valence-corrected chi connectivity index (χ4v) is 1.59. The number of rotatable bonds is 3. The highest BCUT2D eigenvalue weighted by Gasteiger charge is 2.48. The number of aromatic amines is 1. The van der Waals surface area contributed by atoms with Crippen molar-refractivity contribution in [2.24, 2.45) is 5.41 Å². The molecule has 0 aromatic carbocycles. The van der Waals surface area contributed by atoms with Gasteiger partial charge < -0.3 is 10.3 Å². The maximum Gasteiger partial charge on any atom is 0.394 e. The Morgan fingerprint density at radius 3 is 2.53 bits per heavy atom. The number of carbonyl (C=O) groups is 1. The van der Waals surface area contributed by atoms with Crippen LogP contribution in [0.25, 0.3) is 0 Å². The molecule has 19 heavy (non-hydrogen) atoms. The molecule has 0 aliphatic carbocycles. The SMILES string of the molecule is CC(C)(CC(=O)Nc1cc(Br)c[nH]c1=O)C(F)(F)F. The molecular weight excluding hydrogens is 329 g/mol. The van der Waals surface area contributed by atoms with Gasteiger partial charge in [-0.1, -0.05) is 13.8 Å². The molecule has 0 atom stereocenters. The van der Waals surface area contributed by atoms with Gasteiger partial charge in [0.25, 0.3) is 5.56 Å². The van der Waals surface area contributed by atoms with Gasteiger partial charge in [0.2, 0.25) is 5.91 Å². The minimum Gasteiger partial charge on any atom is -0.326 e. The van der Waals surface area contributed by atoms with Gasteiger partial charge >= 0.3 is 6.18 Å². The molecule has 2 N–H and O–H groups in total. The van der Waals surface area contributed by atoms with E-state index < -0.39 is 29.5 Å². The molecule has 0 unspecified atom stereocenters. The van der Waals surface area contributed by atoms with Crippen LogP contribution in [0.3, 0.4) is 0 Å². The number of amides is 1. The van der Waals surface area contributed by atoms with E-state index in [1.165, 1.54) is 12.3 Å². The van der Waals surface area contributed by atoms with Crippen molar-refractivity contribution in [3.8, 4) is 0 Å². The zero-order chi connectivity index (χ0) is 14.8. The fourth-order valence-electron chi connectivity index (χ4n) is 1.25. The second kappa shape index (κ2) is 5.36. The lowest BCUT2D eigenvalue weighted by Crippen LogP contribution is -2.36. The number of alkyl halides is 3. The summed E-state index contributed by atoms with van der Waals surface area (Å²) in [6.45, 7) is 1.86. The standard InChI is InChI=1S/C11H12BrF3N2O2/c1-10(2,11(13,14)15)4-8(18)17-7-3-6(12)5-16-9(7)19/h3,5H,4H2,1-2H3,(H,16,19)(H,17,18). The Kier molecular flexibility index (Phi) is 4.44. The van der Waals surface area contributed by atoms with Gasteiger partial charge in [-0.2, -0.15) is 13.2 Å². The zero-order valence-electron chi connectivity index (χ0n) is 10.2. The third-order valence-electron chi connectivity index (χ3n) is 2.51. The van der Waals surface area contributed by atoms with E-state index in [9.17, 15) is 22.8 Å². The van der Waals surface area contributed by atoms with E-state index in [1.54, 1.807) is 0 Å². The number of halogens is 4. The number of carbonyl (C=O) groups excluding carboxylic acids is 1. The smallest absolute Gasteiger partial charge is 0.326 e. The lowest BCUT2D eigenvalue weighted by Gasteiger charge is -2.26. The Balaban J connectivity index is 2.82. The number of H-pyrrole nitrogens is 1. The monoisotopic (exact) mass is 340 g/mol. The fraction of sp³-hybridized carbons (Fsp3) is 0.455. The summed E-state index contributed by atoms with van der Waals surface area (Å²) in [7, 11) is 0. The predicted octanol–water partition coefficient (Wildman–Crippen LogP) is 3.05. The summed E-state index contributed by atoms with van der Waals surface area (Å²) >= 11 is 3.08. The average molecular weight is 341 g/mol. The van der Waals surface area contributed by atoms with E-state index >= 15 is 0 Å². The van der Waals surface area contributed by atoms with Crippen LogP contribution in [-0.2, 0) is 4.79 Å². The summed E-state index contributed by atoms with van der Waals surface area (Å²) in [4.78, 5) is 25.2. The maximum absolute atomic E-state index is 12.6. The molecule has 0 saturated heterocycles. The van der Waals surface area contributed by atoms with Crippen LogP contribution < -0.4 is 10.9 Å². The molecule has 0 fully saturated rings. The van der Waals surface area contributed by atoms with Gasteiger partial charge in [0.1, 0.15) is 5.69 Å². The van der Waals surface area contributed by atoms with E-state index in [-0.39, 0.29) is 5.69 Å². The molecule has 0 radical (unpaired) electrons. The first-order valence-corrected chi connectivity index (χ1v) is 6.07. The quantitative estimate of drug-likeness (QED) is 0.888. The molecule has 1 rings (SSSR count). The Morgan fingerprint density at radius 2 is 2.00 bits per heavy atom. The predicted molar refractivity (Wildman–Crippen MR) is 67.8 cm³/mol. The number of aromatic nitrogens is 1. The van der Waals surface area contributed by atoms with Crippen molar-refractivity contribution in [2.45, 2.75) is 26.4 Å². The van der Waals surface area contributed by atoms with Crippen molar-refractivity contribution in [1.82, 2.24) is 4.98 Å². The second-order valence-corrected chi connectivity index (χ2v) is 5.58. The molecule has 106 valence electrons. The van der Waals surface area contributed by atoms with Crippen molar-refractivity contribution in [3.05, 3.63) is 27.1 Å². The van der Waals surface area contributed by atoms with E-state index in [1.807, 2.05) is 0 Å². The van der Waals surface area contributed by atoms with Crippen LogP contribution >= 0.6 is 15.9 Å². The molecule has 0 bridgehead atoms. The van der Waals surface area contributed by atoms with Crippen molar-refractivity contribution in [2.75, 3.05) is 5.32 Å². The van der Waals surface area contributed by atoms with Gasteiger partial charge in [0, 0.05) is 17.1 Å². The topological polar surface area (TPSA) is 62.0 Å².